The summed E-state index contributed by atoms with van der Waals surface area (Å²) in [6, 6.07) is 12.2. The average Bonchev–Trinajstić information content (AvgIpc) is 3.05. The van der Waals surface area contributed by atoms with Crippen LogP contribution in [0.5, 0.6) is 11.5 Å². The van der Waals surface area contributed by atoms with Crippen molar-refractivity contribution >= 4 is 34.2 Å². The van der Waals surface area contributed by atoms with Gasteiger partial charge in [-0.15, -0.1) is 0 Å². The highest BCUT2D eigenvalue weighted by atomic mass is 16.5. The number of ether oxygens (including phenoxy) is 2. The van der Waals surface area contributed by atoms with Crippen LogP contribution in [0, 0.1) is 5.41 Å². The molecule has 0 atom stereocenters. The number of carbonyl (C=O) groups is 2. The van der Waals surface area contributed by atoms with Crippen molar-refractivity contribution in [1.29, 1.82) is 0 Å². The number of amides is 2. The molecule has 3 rings (SSSR count). The minimum Gasteiger partial charge on any atom is -0.497 e. The first kappa shape index (κ1) is 21.2. The molecule has 30 heavy (non-hydrogen) atoms. The van der Waals surface area contributed by atoms with Gasteiger partial charge in [0.2, 0.25) is 11.7 Å². The molecule has 0 saturated heterocycles. The van der Waals surface area contributed by atoms with Crippen LogP contribution in [0.1, 0.15) is 37.7 Å². The van der Waals surface area contributed by atoms with Crippen molar-refractivity contribution in [3.05, 3.63) is 48.2 Å². The van der Waals surface area contributed by atoms with E-state index in [1.165, 1.54) is 14.2 Å². The van der Waals surface area contributed by atoms with Crippen molar-refractivity contribution in [1.82, 2.24) is 0 Å². The first-order chi connectivity index (χ1) is 14.2. The van der Waals surface area contributed by atoms with E-state index in [9.17, 15) is 9.59 Å². The van der Waals surface area contributed by atoms with Gasteiger partial charge >= 0.3 is 0 Å². The van der Waals surface area contributed by atoms with Crippen LogP contribution in [0.4, 0.5) is 11.4 Å². The maximum absolute atomic E-state index is 13.1. The molecule has 2 N–H and O–H groups in total. The second kappa shape index (κ2) is 8.49. The molecule has 1 aromatic heterocycles. The Labute approximate surface area is 175 Å². The van der Waals surface area contributed by atoms with Gasteiger partial charge in [0.05, 0.1) is 19.9 Å². The Morgan fingerprint density at radius 3 is 2.40 bits per heavy atom. The molecule has 2 aromatic carbocycles. The Balaban J connectivity index is 1.97. The summed E-state index contributed by atoms with van der Waals surface area (Å²) in [6.45, 7) is 5.92. The fourth-order valence-electron chi connectivity index (χ4n) is 3.09. The lowest BCUT2D eigenvalue weighted by Gasteiger charge is -2.17. The van der Waals surface area contributed by atoms with E-state index in [1.54, 1.807) is 36.4 Å². The van der Waals surface area contributed by atoms with Gasteiger partial charge in [-0.05, 0) is 29.7 Å². The molecule has 0 radical (unpaired) electrons. The van der Waals surface area contributed by atoms with Crippen molar-refractivity contribution in [2.75, 3.05) is 24.9 Å². The molecule has 7 heteroatoms. The number of methoxy groups -OCH3 is 2. The summed E-state index contributed by atoms with van der Waals surface area (Å²) < 4.78 is 16.3. The number of benzene rings is 2. The minimum absolute atomic E-state index is 0.0170. The Morgan fingerprint density at radius 2 is 1.73 bits per heavy atom. The SMILES string of the molecule is COc1ccc(OC)c(NC(=O)c2oc3ccccc3c2NC(=O)CC(C)(C)C)c1. The molecule has 1 heterocycles. The third-order valence-electron chi connectivity index (χ3n) is 4.41. The molecular formula is C23H26N2O5. The number of furan rings is 1. The lowest BCUT2D eigenvalue weighted by molar-refractivity contribution is -0.117. The van der Waals surface area contributed by atoms with Crippen molar-refractivity contribution < 1.29 is 23.5 Å². The largest absolute Gasteiger partial charge is 0.497 e. The topological polar surface area (TPSA) is 89.8 Å². The summed E-state index contributed by atoms with van der Waals surface area (Å²) in [5.74, 6) is 0.349. The van der Waals surface area contributed by atoms with Crippen LogP contribution in [-0.2, 0) is 4.79 Å². The molecule has 0 bridgehead atoms. The van der Waals surface area contributed by atoms with Crippen LogP contribution in [0.3, 0.4) is 0 Å². The molecule has 0 aliphatic carbocycles. The van der Waals surface area contributed by atoms with Crippen molar-refractivity contribution in [2.24, 2.45) is 5.41 Å². The van der Waals surface area contributed by atoms with E-state index < -0.39 is 5.91 Å². The molecule has 3 aromatic rings. The van der Waals surface area contributed by atoms with E-state index in [2.05, 4.69) is 10.6 Å². The molecule has 0 aliphatic rings. The zero-order valence-corrected chi connectivity index (χ0v) is 17.8. The lowest BCUT2D eigenvalue weighted by atomic mass is 9.92. The van der Waals surface area contributed by atoms with Crippen molar-refractivity contribution in [2.45, 2.75) is 27.2 Å². The second-order valence-corrected chi connectivity index (χ2v) is 8.11. The monoisotopic (exact) mass is 410 g/mol. The maximum Gasteiger partial charge on any atom is 0.293 e. The van der Waals surface area contributed by atoms with Crippen LogP contribution < -0.4 is 20.1 Å². The number of fused-ring (bicyclic) bond motifs is 1. The van der Waals surface area contributed by atoms with Crippen LogP contribution in [-0.4, -0.2) is 26.0 Å². The fraction of sp³-hybridized carbons (Fsp3) is 0.304. The average molecular weight is 410 g/mol. The highest BCUT2D eigenvalue weighted by Gasteiger charge is 2.25. The van der Waals surface area contributed by atoms with E-state index in [4.69, 9.17) is 13.9 Å². The van der Waals surface area contributed by atoms with Crippen molar-refractivity contribution in [3.8, 4) is 11.5 Å². The van der Waals surface area contributed by atoms with E-state index in [0.29, 0.717) is 40.3 Å². The molecule has 2 amide bonds. The Kier molecular flexibility index (Phi) is 6.01. The van der Waals surface area contributed by atoms with E-state index in [0.717, 1.165) is 0 Å². The lowest BCUT2D eigenvalue weighted by Crippen LogP contribution is -2.21. The van der Waals surface area contributed by atoms with E-state index >= 15 is 0 Å². The maximum atomic E-state index is 13.1. The van der Waals surface area contributed by atoms with Gasteiger partial charge in [-0.1, -0.05) is 32.9 Å². The van der Waals surface area contributed by atoms with Gasteiger partial charge in [-0.2, -0.15) is 0 Å². The van der Waals surface area contributed by atoms with Gasteiger partial charge < -0.3 is 24.5 Å². The Bertz CT molecular complexity index is 1080. The standard InChI is InChI=1S/C23H26N2O5/c1-23(2,3)13-19(26)25-20-15-8-6-7-9-17(15)30-21(20)22(27)24-16-12-14(28-4)10-11-18(16)29-5/h6-12H,13H2,1-5H3,(H,24,27)(H,25,26). The Morgan fingerprint density at radius 1 is 1.00 bits per heavy atom. The van der Waals surface area contributed by atoms with Crippen LogP contribution >= 0.6 is 0 Å². The molecule has 0 spiro atoms. The number of nitrogens with one attached hydrogen (secondary N) is 2. The quantitative estimate of drug-likeness (QED) is 0.592. The van der Waals surface area contributed by atoms with E-state index in [1.807, 2.05) is 26.8 Å². The summed E-state index contributed by atoms with van der Waals surface area (Å²) in [6.07, 6.45) is 0.303. The van der Waals surface area contributed by atoms with Crippen molar-refractivity contribution in [3.63, 3.8) is 0 Å². The number of carbonyl (C=O) groups excluding carboxylic acids is 2. The molecule has 0 aliphatic heterocycles. The predicted octanol–water partition coefficient (Wildman–Crippen LogP) is 5.08. The number of anilines is 2. The zero-order chi connectivity index (χ0) is 21.9. The third kappa shape index (κ3) is 4.74. The summed E-state index contributed by atoms with van der Waals surface area (Å²) >= 11 is 0. The smallest absolute Gasteiger partial charge is 0.293 e. The summed E-state index contributed by atoms with van der Waals surface area (Å²) in [7, 11) is 3.05. The highest BCUT2D eigenvalue weighted by molar-refractivity contribution is 6.14. The predicted molar refractivity (Wildman–Crippen MR) is 116 cm³/mol. The normalized spacial score (nSPS) is 11.2. The minimum atomic E-state index is -0.510. The number of hydrogen-bond donors (Lipinski definition) is 2. The zero-order valence-electron chi connectivity index (χ0n) is 17.8. The van der Waals surface area contributed by atoms with Crippen LogP contribution in [0.15, 0.2) is 46.9 Å². The summed E-state index contributed by atoms with van der Waals surface area (Å²) in [5, 5.41) is 6.30. The highest BCUT2D eigenvalue weighted by Crippen LogP contribution is 2.34. The molecule has 0 fully saturated rings. The molecular weight excluding hydrogens is 384 g/mol. The van der Waals surface area contributed by atoms with Gasteiger partial charge in [-0.3, -0.25) is 9.59 Å². The van der Waals surface area contributed by atoms with Crippen LogP contribution in [0.2, 0.25) is 0 Å². The number of rotatable bonds is 6. The van der Waals surface area contributed by atoms with E-state index in [-0.39, 0.29) is 17.1 Å². The second-order valence-electron chi connectivity index (χ2n) is 8.11. The number of para-hydroxylation sites is 1. The first-order valence-electron chi connectivity index (χ1n) is 9.56. The fourth-order valence-corrected chi connectivity index (χ4v) is 3.09. The summed E-state index contributed by atoms with van der Waals surface area (Å²) in [5.41, 5.74) is 1.08. The van der Waals surface area contributed by atoms with Gasteiger partial charge in [0.25, 0.3) is 5.91 Å². The number of hydrogen-bond acceptors (Lipinski definition) is 5. The molecule has 0 unspecified atom stereocenters. The first-order valence-corrected chi connectivity index (χ1v) is 9.56. The van der Waals surface area contributed by atoms with Gasteiger partial charge in [0.15, 0.2) is 0 Å². The summed E-state index contributed by atoms with van der Waals surface area (Å²) in [4.78, 5) is 25.7. The van der Waals surface area contributed by atoms with Gasteiger partial charge in [0, 0.05) is 17.9 Å². The van der Waals surface area contributed by atoms with Crippen LogP contribution in [0.25, 0.3) is 11.0 Å². The molecule has 0 saturated carbocycles. The molecule has 7 nitrogen and oxygen atoms in total. The molecule has 158 valence electrons. The van der Waals surface area contributed by atoms with Gasteiger partial charge in [0.1, 0.15) is 22.8 Å². The third-order valence-corrected chi connectivity index (χ3v) is 4.41. The van der Waals surface area contributed by atoms with Gasteiger partial charge in [-0.25, -0.2) is 0 Å². The Hall–Kier alpha value is -3.48.